The summed E-state index contributed by atoms with van der Waals surface area (Å²) >= 11 is 0. The van der Waals surface area contributed by atoms with Crippen molar-refractivity contribution in [3.8, 4) is 0 Å². The molecule has 0 radical (unpaired) electrons. The Morgan fingerprint density at radius 1 is 1.54 bits per heavy atom. The third-order valence-electron chi connectivity index (χ3n) is 1.78. The molecule has 0 amide bonds. The molecule has 4 heteroatoms. The second-order valence-corrected chi connectivity index (χ2v) is 3.01. The number of hydrogen-bond donors (Lipinski definition) is 1. The number of nitrogens with one attached hydrogen (secondary N) is 1. The van der Waals surface area contributed by atoms with E-state index in [1.165, 1.54) is 12.8 Å². The third-order valence-corrected chi connectivity index (χ3v) is 1.78. The van der Waals surface area contributed by atoms with E-state index < -0.39 is 0 Å². The van der Waals surface area contributed by atoms with Crippen molar-refractivity contribution < 1.29 is 0 Å². The summed E-state index contributed by atoms with van der Waals surface area (Å²) in [4.78, 5) is 0. The molecule has 0 saturated carbocycles. The average Bonchev–Trinajstić information content (AvgIpc) is 2.45. The highest BCUT2D eigenvalue weighted by molar-refractivity contribution is 5.85. The number of aryl methyl sites for hydroxylation is 1. The van der Waals surface area contributed by atoms with Gasteiger partial charge in [-0.3, -0.25) is 4.68 Å². The van der Waals surface area contributed by atoms with Crippen LogP contribution in [-0.2, 0) is 13.6 Å². The lowest BCUT2D eigenvalue weighted by Crippen LogP contribution is -2.14. The monoisotopic (exact) mass is 203 g/mol. The highest BCUT2D eigenvalue weighted by Gasteiger charge is 1.94. The van der Waals surface area contributed by atoms with Crippen molar-refractivity contribution in [1.29, 1.82) is 0 Å². The number of aromatic nitrogens is 2. The lowest BCUT2D eigenvalue weighted by Gasteiger charge is -1.99. The van der Waals surface area contributed by atoms with E-state index in [1.807, 2.05) is 24.0 Å². The van der Waals surface area contributed by atoms with Crippen LogP contribution in [0.25, 0.3) is 0 Å². The van der Waals surface area contributed by atoms with E-state index in [1.54, 1.807) is 0 Å². The first-order valence-corrected chi connectivity index (χ1v) is 4.52. The van der Waals surface area contributed by atoms with Crippen LogP contribution in [-0.4, -0.2) is 16.3 Å². The van der Waals surface area contributed by atoms with Crippen molar-refractivity contribution in [2.24, 2.45) is 7.05 Å². The summed E-state index contributed by atoms with van der Waals surface area (Å²) in [5, 5.41) is 7.60. The van der Waals surface area contributed by atoms with Crippen LogP contribution in [0, 0.1) is 0 Å². The highest BCUT2D eigenvalue weighted by Crippen LogP contribution is 1.93. The van der Waals surface area contributed by atoms with Gasteiger partial charge in [0.25, 0.3) is 0 Å². The predicted octanol–water partition coefficient (Wildman–Crippen LogP) is 1.73. The molecule has 1 rings (SSSR count). The summed E-state index contributed by atoms with van der Waals surface area (Å²) < 4.78 is 1.83. The van der Waals surface area contributed by atoms with Crippen molar-refractivity contribution >= 4 is 12.4 Å². The van der Waals surface area contributed by atoms with Gasteiger partial charge in [-0.25, -0.2) is 0 Å². The lowest BCUT2D eigenvalue weighted by molar-refractivity contribution is 0.622. The van der Waals surface area contributed by atoms with Crippen LogP contribution >= 0.6 is 12.4 Å². The van der Waals surface area contributed by atoms with Gasteiger partial charge in [0, 0.05) is 19.8 Å². The molecular weight excluding hydrogens is 186 g/mol. The minimum Gasteiger partial charge on any atom is -0.311 e. The Bertz CT molecular complexity index is 222. The van der Waals surface area contributed by atoms with Gasteiger partial charge < -0.3 is 5.32 Å². The van der Waals surface area contributed by atoms with Gasteiger partial charge in [-0.2, -0.15) is 5.10 Å². The maximum atomic E-state index is 4.26. The third kappa shape index (κ3) is 4.90. The summed E-state index contributed by atoms with van der Waals surface area (Å²) in [6.45, 7) is 4.18. The molecule has 13 heavy (non-hydrogen) atoms. The van der Waals surface area contributed by atoms with Crippen molar-refractivity contribution in [1.82, 2.24) is 15.1 Å². The molecule has 1 aromatic rings. The molecule has 0 bridgehead atoms. The van der Waals surface area contributed by atoms with Gasteiger partial charge in [-0.1, -0.05) is 13.3 Å². The zero-order valence-electron chi connectivity index (χ0n) is 8.29. The Balaban J connectivity index is 0.00000144. The largest absolute Gasteiger partial charge is 0.311 e. The lowest BCUT2D eigenvalue weighted by atomic mass is 10.3. The molecule has 0 aliphatic heterocycles. The number of unbranched alkanes of at least 4 members (excludes halogenated alkanes) is 1. The number of nitrogens with zero attached hydrogens (tertiary/aromatic N) is 2. The SMILES string of the molecule is CCCCNCc1ccn(C)n1.Cl. The molecule has 0 fully saturated rings. The van der Waals surface area contributed by atoms with Crippen molar-refractivity contribution in [2.75, 3.05) is 6.54 Å². The summed E-state index contributed by atoms with van der Waals surface area (Å²) in [6, 6.07) is 2.04. The van der Waals surface area contributed by atoms with Crippen molar-refractivity contribution in [3.63, 3.8) is 0 Å². The van der Waals surface area contributed by atoms with Gasteiger partial charge >= 0.3 is 0 Å². The molecule has 0 saturated heterocycles. The Hall–Kier alpha value is -0.540. The normalized spacial score (nSPS) is 9.69. The molecule has 3 nitrogen and oxygen atoms in total. The standard InChI is InChI=1S/C9H17N3.ClH/c1-3-4-6-10-8-9-5-7-12(2)11-9;/h5,7,10H,3-4,6,8H2,1-2H3;1H. The van der Waals surface area contributed by atoms with Crippen LogP contribution in [0.4, 0.5) is 0 Å². The van der Waals surface area contributed by atoms with Gasteiger partial charge in [-0.15, -0.1) is 12.4 Å². The Labute approximate surface area is 85.9 Å². The van der Waals surface area contributed by atoms with Crippen LogP contribution in [0.15, 0.2) is 12.3 Å². The average molecular weight is 204 g/mol. The minimum atomic E-state index is 0. The van der Waals surface area contributed by atoms with Crippen LogP contribution in [0.3, 0.4) is 0 Å². The quantitative estimate of drug-likeness (QED) is 0.739. The van der Waals surface area contributed by atoms with Crippen LogP contribution in [0.1, 0.15) is 25.5 Å². The second-order valence-electron chi connectivity index (χ2n) is 3.01. The summed E-state index contributed by atoms with van der Waals surface area (Å²) in [7, 11) is 1.94. The number of rotatable bonds is 5. The summed E-state index contributed by atoms with van der Waals surface area (Å²) in [5.74, 6) is 0. The topological polar surface area (TPSA) is 29.9 Å². The number of hydrogen-bond acceptors (Lipinski definition) is 2. The fraction of sp³-hybridized carbons (Fsp3) is 0.667. The Kier molecular flexibility index (Phi) is 6.63. The predicted molar refractivity (Wildman–Crippen MR) is 57.1 cm³/mol. The van der Waals surface area contributed by atoms with E-state index in [9.17, 15) is 0 Å². The summed E-state index contributed by atoms with van der Waals surface area (Å²) in [5.41, 5.74) is 1.12. The van der Waals surface area contributed by atoms with Gasteiger partial charge in [0.15, 0.2) is 0 Å². The molecular formula is C9H18ClN3. The molecule has 0 unspecified atom stereocenters. The summed E-state index contributed by atoms with van der Waals surface area (Å²) in [6.07, 6.45) is 4.46. The van der Waals surface area contributed by atoms with E-state index in [0.29, 0.717) is 0 Å². The zero-order chi connectivity index (χ0) is 8.81. The molecule has 1 heterocycles. The maximum absolute atomic E-state index is 4.26. The van der Waals surface area contributed by atoms with Crippen LogP contribution in [0.2, 0.25) is 0 Å². The molecule has 0 aliphatic carbocycles. The molecule has 0 atom stereocenters. The van der Waals surface area contributed by atoms with E-state index >= 15 is 0 Å². The number of halogens is 1. The van der Waals surface area contributed by atoms with Crippen molar-refractivity contribution in [3.05, 3.63) is 18.0 Å². The smallest absolute Gasteiger partial charge is 0.0762 e. The van der Waals surface area contributed by atoms with Crippen LogP contribution in [0.5, 0.6) is 0 Å². The van der Waals surface area contributed by atoms with E-state index in [2.05, 4.69) is 17.3 Å². The molecule has 1 aromatic heterocycles. The zero-order valence-corrected chi connectivity index (χ0v) is 9.10. The van der Waals surface area contributed by atoms with Crippen LogP contribution < -0.4 is 5.32 Å². The molecule has 0 spiro atoms. The maximum Gasteiger partial charge on any atom is 0.0762 e. The van der Waals surface area contributed by atoms with Gasteiger partial charge in [-0.05, 0) is 19.0 Å². The Morgan fingerprint density at radius 2 is 2.31 bits per heavy atom. The minimum absolute atomic E-state index is 0. The van der Waals surface area contributed by atoms with Gasteiger partial charge in [0.1, 0.15) is 0 Å². The van der Waals surface area contributed by atoms with Crippen molar-refractivity contribution in [2.45, 2.75) is 26.3 Å². The molecule has 1 N–H and O–H groups in total. The van der Waals surface area contributed by atoms with E-state index in [-0.39, 0.29) is 12.4 Å². The Morgan fingerprint density at radius 3 is 2.85 bits per heavy atom. The second kappa shape index (κ2) is 6.92. The van der Waals surface area contributed by atoms with Gasteiger partial charge in [0.2, 0.25) is 0 Å². The van der Waals surface area contributed by atoms with Gasteiger partial charge in [0.05, 0.1) is 5.69 Å². The molecule has 0 aliphatic rings. The first-order valence-electron chi connectivity index (χ1n) is 4.52. The molecule has 76 valence electrons. The fourth-order valence-corrected chi connectivity index (χ4v) is 1.08. The first-order chi connectivity index (χ1) is 5.83. The first kappa shape index (κ1) is 12.5. The van der Waals surface area contributed by atoms with E-state index in [0.717, 1.165) is 18.8 Å². The van der Waals surface area contributed by atoms with E-state index in [4.69, 9.17) is 0 Å². The fourth-order valence-electron chi connectivity index (χ4n) is 1.08. The highest BCUT2D eigenvalue weighted by atomic mass is 35.5. The molecule has 0 aromatic carbocycles.